The highest BCUT2D eigenvalue weighted by Gasteiger charge is 2.39. The van der Waals surface area contributed by atoms with Crippen LogP contribution in [0.3, 0.4) is 0 Å². The summed E-state index contributed by atoms with van der Waals surface area (Å²) in [5.74, 6) is -0.337. The SMILES string of the molecule is N#CC1(Cc2ccc(Cl)cc2F)CCc2ccccc21. The van der Waals surface area contributed by atoms with Crippen LogP contribution in [0.1, 0.15) is 23.1 Å². The molecule has 0 bridgehead atoms. The predicted molar refractivity (Wildman–Crippen MR) is 77.2 cm³/mol. The number of halogens is 2. The molecule has 2 aromatic carbocycles. The first-order valence-corrected chi connectivity index (χ1v) is 6.96. The van der Waals surface area contributed by atoms with Crippen LogP contribution in [0.4, 0.5) is 4.39 Å². The largest absolute Gasteiger partial charge is 0.207 e. The topological polar surface area (TPSA) is 23.8 Å². The molecule has 1 nitrogen and oxygen atoms in total. The molecule has 0 saturated carbocycles. The van der Waals surface area contributed by atoms with Crippen LogP contribution in [0.2, 0.25) is 5.02 Å². The molecule has 0 aliphatic heterocycles. The third-order valence-corrected chi connectivity index (χ3v) is 4.31. The first-order valence-electron chi connectivity index (χ1n) is 6.58. The normalized spacial score (nSPS) is 20.4. The van der Waals surface area contributed by atoms with Crippen molar-refractivity contribution >= 4 is 11.6 Å². The smallest absolute Gasteiger partial charge is 0.127 e. The average Bonchev–Trinajstić information content (AvgIpc) is 2.82. The van der Waals surface area contributed by atoms with Gasteiger partial charge in [-0.2, -0.15) is 5.26 Å². The zero-order valence-electron chi connectivity index (χ0n) is 10.9. The predicted octanol–water partition coefficient (Wildman–Crippen LogP) is 4.43. The highest BCUT2D eigenvalue weighted by Crippen LogP contribution is 2.41. The van der Waals surface area contributed by atoms with Crippen molar-refractivity contribution in [2.75, 3.05) is 0 Å². The van der Waals surface area contributed by atoms with E-state index in [1.807, 2.05) is 24.3 Å². The summed E-state index contributed by atoms with van der Waals surface area (Å²) in [6.07, 6.45) is 2.01. The second-order valence-electron chi connectivity index (χ2n) is 5.26. The summed E-state index contributed by atoms with van der Waals surface area (Å²) in [5.41, 5.74) is 2.17. The fraction of sp³-hybridized carbons (Fsp3) is 0.235. The first kappa shape index (κ1) is 13.1. The van der Waals surface area contributed by atoms with Gasteiger partial charge in [0.2, 0.25) is 0 Å². The summed E-state index contributed by atoms with van der Waals surface area (Å²) in [6.45, 7) is 0. The van der Waals surface area contributed by atoms with Gasteiger partial charge in [0, 0.05) is 5.02 Å². The van der Waals surface area contributed by atoms with Crippen molar-refractivity contribution in [3.05, 3.63) is 70.0 Å². The summed E-state index contributed by atoms with van der Waals surface area (Å²) < 4.78 is 14.0. The van der Waals surface area contributed by atoms with Crippen LogP contribution in [0, 0.1) is 17.1 Å². The fourth-order valence-corrected chi connectivity index (χ4v) is 3.18. The molecule has 1 unspecified atom stereocenters. The molecule has 0 amide bonds. The molecule has 2 aromatic rings. The van der Waals surface area contributed by atoms with E-state index in [0.29, 0.717) is 17.0 Å². The Kier molecular flexibility index (Phi) is 3.23. The summed E-state index contributed by atoms with van der Waals surface area (Å²) in [5, 5.41) is 10.1. The molecule has 3 rings (SSSR count). The van der Waals surface area contributed by atoms with Gasteiger partial charge in [0.15, 0.2) is 0 Å². The number of nitrogens with zero attached hydrogens (tertiary/aromatic N) is 1. The molecule has 1 aliphatic rings. The Morgan fingerprint density at radius 2 is 2.05 bits per heavy atom. The summed E-state index contributed by atoms with van der Waals surface area (Å²) in [6, 6.07) is 15.0. The van der Waals surface area contributed by atoms with E-state index in [4.69, 9.17) is 11.6 Å². The minimum Gasteiger partial charge on any atom is -0.207 e. The van der Waals surface area contributed by atoms with Gasteiger partial charge in [-0.3, -0.25) is 0 Å². The Morgan fingerprint density at radius 1 is 1.25 bits per heavy atom. The van der Waals surface area contributed by atoms with Gasteiger partial charge in [-0.05, 0) is 48.1 Å². The molecule has 0 spiro atoms. The maximum atomic E-state index is 14.0. The van der Waals surface area contributed by atoms with E-state index in [1.165, 1.54) is 11.6 Å². The van der Waals surface area contributed by atoms with Crippen molar-refractivity contribution < 1.29 is 4.39 Å². The lowest BCUT2D eigenvalue weighted by Gasteiger charge is -2.22. The quantitative estimate of drug-likeness (QED) is 0.801. The van der Waals surface area contributed by atoms with Crippen LogP contribution in [0.15, 0.2) is 42.5 Å². The molecular weight excluding hydrogens is 273 g/mol. The van der Waals surface area contributed by atoms with Crippen LogP contribution in [-0.4, -0.2) is 0 Å². The lowest BCUT2D eigenvalue weighted by atomic mass is 9.78. The Hall–Kier alpha value is -1.85. The van der Waals surface area contributed by atoms with Crippen LogP contribution in [0.5, 0.6) is 0 Å². The fourth-order valence-electron chi connectivity index (χ4n) is 3.02. The van der Waals surface area contributed by atoms with Crippen molar-refractivity contribution in [2.24, 2.45) is 0 Å². The van der Waals surface area contributed by atoms with Gasteiger partial charge in [0.1, 0.15) is 5.82 Å². The van der Waals surface area contributed by atoms with Crippen molar-refractivity contribution in [3.63, 3.8) is 0 Å². The van der Waals surface area contributed by atoms with Gasteiger partial charge < -0.3 is 0 Å². The number of nitriles is 1. The number of hydrogen-bond donors (Lipinski definition) is 0. The lowest BCUT2D eigenvalue weighted by Crippen LogP contribution is -2.24. The van der Waals surface area contributed by atoms with Gasteiger partial charge in [-0.15, -0.1) is 0 Å². The maximum absolute atomic E-state index is 14.0. The number of fused-ring (bicyclic) bond motifs is 1. The molecule has 0 aromatic heterocycles. The van der Waals surface area contributed by atoms with Gasteiger partial charge >= 0.3 is 0 Å². The van der Waals surface area contributed by atoms with Crippen molar-refractivity contribution in [3.8, 4) is 6.07 Å². The van der Waals surface area contributed by atoms with Gasteiger partial charge in [-0.25, -0.2) is 4.39 Å². The van der Waals surface area contributed by atoms with Crippen LogP contribution in [0.25, 0.3) is 0 Å². The molecule has 0 N–H and O–H groups in total. The number of rotatable bonds is 2. The molecule has 0 radical (unpaired) electrons. The molecule has 100 valence electrons. The molecule has 1 atom stereocenters. The zero-order valence-corrected chi connectivity index (χ0v) is 11.6. The zero-order chi connectivity index (χ0) is 14.2. The van der Waals surface area contributed by atoms with E-state index in [9.17, 15) is 9.65 Å². The molecule has 3 heteroatoms. The van der Waals surface area contributed by atoms with Crippen LogP contribution >= 0.6 is 11.6 Å². The number of hydrogen-bond acceptors (Lipinski definition) is 1. The third kappa shape index (κ3) is 2.09. The summed E-state index contributed by atoms with van der Waals surface area (Å²) >= 11 is 5.78. The van der Waals surface area contributed by atoms with Gasteiger partial charge in [0.25, 0.3) is 0 Å². The Bertz CT molecular complexity index is 704. The van der Waals surface area contributed by atoms with E-state index in [-0.39, 0.29) is 5.82 Å². The van der Waals surface area contributed by atoms with Crippen LogP contribution < -0.4 is 0 Å². The van der Waals surface area contributed by atoms with Crippen molar-refractivity contribution in [1.29, 1.82) is 5.26 Å². The van der Waals surface area contributed by atoms with E-state index in [2.05, 4.69) is 6.07 Å². The van der Waals surface area contributed by atoms with Crippen molar-refractivity contribution in [2.45, 2.75) is 24.7 Å². The van der Waals surface area contributed by atoms with Crippen molar-refractivity contribution in [1.82, 2.24) is 0 Å². The lowest BCUT2D eigenvalue weighted by molar-refractivity contribution is 0.517. The Labute approximate surface area is 122 Å². The average molecular weight is 286 g/mol. The second kappa shape index (κ2) is 4.92. The van der Waals surface area contributed by atoms with E-state index in [0.717, 1.165) is 18.4 Å². The standard InChI is InChI=1S/C17H13ClFN/c18-14-6-5-13(16(19)9-14)10-17(11-20)8-7-12-3-1-2-4-15(12)17/h1-6,9H,7-8,10H2. The van der Waals surface area contributed by atoms with E-state index in [1.54, 1.807) is 12.1 Å². The molecular formula is C17H13ClFN. The molecule has 0 saturated heterocycles. The minimum absolute atomic E-state index is 0.337. The van der Waals surface area contributed by atoms with Gasteiger partial charge in [-0.1, -0.05) is 41.9 Å². The summed E-state index contributed by atoms with van der Waals surface area (Å²) in [7, 11) is 0. The monoisotopic (exact) mass is 285 g/mol. The first-order chi connectivity index (χ1) is 9.64. The highest BCUT2D eigenvalue weighted by molar-refractivity contribution is 6.30. The number of benzene rings is 2. The maximum Gasteiger partial charge on any atom is 0.127 e. The highest BCUT2D eigenvalue weighted by atomic mass is 35.5. The second-order valence-corrected chi connectivity index (χ2v) is 5.70. The summed E-state index contributed by atoms with van der Waals surface area (Å²) in [4.78, 5) is 0. The third-order valence-electron chi connectivity index (χ3n) is 4.08. The Morgan fingerprint density at radius 3 is 2.80 bits per heavy atom. The van der Waals surface area contributed by atoms with E-state index < -0.39 is 5.41 Å². The van der Waals surface area contributed by atoms with E-state index >= 15 is 0 Å². The molecule has 20 heavy (non-hydrogen) atoms. The Balaban J connectivity index is 2.02. The molecule has 0 heterocycles. The van der Waals surface area contributed by atoms with Gasteiger partial charge in [0.05, 0.1) is 11.5 Å². The minimum atomic E-state index is -0.620. The molecule has 0 fully saturated rings. The number of aryl methyl sites for hydroxylation is 1. The molecule has 1 aliphatic carbocycles. The van der Waals surface area contributed by atoms with Crippen LogP contribution in [-0.2, 0) is 18.3 Å².